The summed E-state index contributed by atoms with van der Waals surface area (Å²) in [5, 5.41) is 0. The van der Waals surface area contributed by atoms with E-state index in [1.165, 1.54) is 0 Å². The van der Waals surface area contributed by atoms with Crippen LogP contribution in [0, 0.1) is 17.3 Å². The summed E-state index contributed by atoms with van der Waals surface area (Å²) in [6, 6.07) is 10.00. The van der Waals surface area contributed by atoms with Gasteiger partial charge in [0, 0.05) is 26.2 Å². The minimum Gasteiger partial charge on any atom is -0.381 e. The molecule has 0 saturated carbocycles. The Kier molecular flexibility index (Phi) is 9.07. The maximum absolute atomic E-state index is 12.7. The van der Waals surface area contributed by atoms with Gasteiger partial charge in [-0.2, -0.15) is 0 Å². The largest absolute Gasteiger partial charge is 0.381 e. The highest BCUT2D eigenvalue weighted by atomic mass is 16.5. The summed E-state index contributed by atoms with van der Waals surface area (Å²) in [5.41, 5.74) is 1.10. The van der Waals surface area contributed by atoms with Crippen LogP contribution in [0.25, 0.3) is 0 Å². The average molecular weight is 387 g/mol. The molecule has 4 heteroatoms. The van der Waals surface area contributed by atoms with E-state index in [0.717, 1.165) is 18.4 Å². The van der Waals surface area contributed by atoms with Crippen LogP contribution in [0.1, 0.15) is 52.0 Å². The molecule has 1 heterocycles. The van der Waals surface area contributed by atoms with Gasteiger partial charge in [0.1, 0.15) is 5.78 Å². The highest BCUT2D eigenvalue weighted by Gasteiger charge is 2.40. The summed E-state index contributed by atoms with van der Waals surface area (Å²) >= 11 is 0. The predicted molar refractivity (Wildman–Crippen MR) is 111 cm³/mol. The molecule has 4 nitrogen and oxygen atoms in total. The van der Waals surface area contributed by atoms with Gasteiger partial charge in [-0.05, 0) is 42.2 Å². The molecule has 1 saturated heterocycles. The second-order valence-electron chi connectivity index (χ2n) is 7.74. The first-order valence-corrected chi connectivity index (χ1v) is 10.5. The predicted octanol–water partition coefficient (Wildman–Crippen LogP) is 4.77. The van der Waals surface area contributed by atoms with Crippen molar-refractivity contribution in [3.05, 3.63) is 48.0 Å². The summed E-state index contributed by atoms with van der Waals surface area (Å²) in [6.45, 7) is 8.51. The van der Waals surface area contributed by atoms with Crippen LogP contribution in [0.15, 0.2) is 42.5 Å². The molecule has 0 aromatic heterocycles. The van der Waals surface area contributed by atoms with E-state index in [2.05, 4.69) is 0 Å². The molecule has 1 fully saturated rings. The average Bonchev–Trinajstić information content (AvgIpc) is 2.73. The Morgan fingerprint density at radius 1 is 1.21 bits per heavy atom. The maximum Gasteiger partial charge on any atom is 0.165 e. The van der Waals surface area contributed by atoms with E-state index in [4.69, 9.17) is 9.47 Å². The third-order valence-electron chi connectivity index (χ3n) is 5.50. The number of allylic oxidation sites excluding steroid dienone is 2. The van der Waals surface area contributed by atoms with Crippen molar-refractivity contribution in [3.8, 4) is 0 Å². The Labute approximate surface area is 169 Å². The lowest BCUT2D eigenvalue weighted by molar-refractivity contribution is -0.133. The highest BCUT2D eigenvalue weighted by Crippen LogP contribution is 2.42. The van der Waals surface area contributed by atoms with Crippen molar-refractivity contribution < 1.29 is 19.1 Å². The highest BCUT2D eigenvalue weighted by molar-refractivity contribution is 6.08. The SMILES string of the molecule is CC.CC(COCc1ccccc1)CC(=O)C1CC2(C=CC1=O)CCOCC2. The minimum atomic E-state index is -0.491. The third-order valence-corrected chi connectivity index (χ3v) is 5.50. The van der Waals surface area contributed by atoms with Crippen molar-refractivity contribution in [1.29, 1.82) is 0 Å². The standard InChI is InChI=1S/C22H28O4.C2H6/c1-17(15-26-16-18-5-3-2-4-6-18)13-21(24)19-14-22(8-7-20(19)23)9-11-25-12-10-22;1-2/h2-8,17,19H,9-16H2,1H3;1-2H3. The van der Waals surface area contributed by atoms with Gasteiger partial charge < -0.3 is 9.47 Å². The Bertz CT molecular complexity index is 644. The van der Waals surface area contributed by atoms with Crippen LogP contribution < -0.4 is 0 Å². The fourth-order valence-electron chi connectivity index (χ4n) is 3.87. The van der Waals surface area contributed by atoms with E-state index in [1.54, 1.807) is 6.08 Å². The molecule has 28 heavy (non-hydrogen) atoms. The minimum absolute atomic E-state index is 0.0282. The van der Waals surface area contributed by atoms with Crippen LogP contribution >= 0.6 is 0 Å². The van der Waals surface area contributed by atoms with Crippen molar-refractivity contribution in [2.24, 2.45) is 17.3 Å². The van der Waals surface area contributed by atoms with Gasteiger partial charge in [-0.1, -0.05) is 57.2 Å². The second-order valence-corrected chi connectivity index (χ2v) is 7.74. The van der Waals surface area contributed by atoms with Gasteiger partial charge in [-0.3, -0.25) is 9.59 Å². The number of Topliss-reactive ketones (excluding diaryl/α,β-unsaturated/α-hetero) is 1. The number of carbonyl (C=O) groups is 2. The Morgan fingerprint density at radius 3 is 2.57 bits per heavy atom. The van der Waals surface area contributed by atoms with Gasteiger partial charge in [-0.15, -0.1) is 0 Å². The summed E-state index contributed by atoms with van der Waals surface area (Å²) in [4.78, 5) is 25.0. The Balaban J connectivity index is 0.00000136. The zero-order valence-corrected chi connectivity index (χ0v) is 17.5. The normalized spacial score (nSPS) is 21.7. The fraction of sp³-hybridized carbons (Fsp3) is 0.583. The van der Waals surface area contributed by atoms with Crippen molar-refractivity contribution in [2.75, 3.05) is 19.8 Å². The number of ether oxygens (including phenoxy) is 2. The zero-order valence-electron chi connectivity index (χ0n) is 17.5. The Morgan fingerprint density at radius 2 is 1.89 bits per heavy atom. The molecule has 0 radical (unpaired) electrons. The molecular weight excluding hydrogens is 352 g/mol. The van der Waals surface area contributed by atoms with E-state index in [1.807, 2.05) is 57.2 Å². The van der Waals surface area contributed by atoms with E-state index in [0.29, 0.717) is 39.3 Å². The summed E-state index contributed by atoms with van der Waals surface area (Å²) in [6.07, 6.45) is 6.49. The van der Waals surface area contributed by atoms with Gasteiger partial charge in [-0.25, -0.2) is 0 Å². The lowest BCUT2D eigenvalue weighted by Crippen LogP contribution is -2.38. The molecule has 2 aliphatic rings. The van der Waals surface area contributed by atoms with Gasteiger partial charge in [0.05, 0.1) is 12.5 Å². The molecule has 0 amide bonds. The van der Waals surface area contributed by atoms with Crippen molar-refractivity contribution >= 4 is 11.6 Å². The molecule has 0 bridgehead atoms. The lowest BCUT2D eigenvalue weighted by atomic mass is 9.67. The number of rotatable bonds is 7. The lowest BCUT2D eigenvalue weighted by Gasteiger charge is -2.39. The summed E-state index contributed by atoms with van der Waals surface area (Å²) in [5.74, 6) is -0.365. The van der Waals surface area contributed by atoms with Crippen LogP contribution in [0.3, 0.4) is 0 Å². The summed E-state index contributed by atoms with van der Waals surface area (Å²) < 4.78 is 11.2. The molecule has 1 aromatic rings. The van der Waals surface area contributed by atoms with Gasteiger partial charge in [0.15, 0.2) is 5.78 Å². The fourth-order valence-corrected chi connectivity index (χ4v) is 3.87. The van der Waals surface area contributed by atoms with E-state index < -0.39 is 5.92 Å². The first-order chi connectivity index (χ1) is 13.6. The van der Waals surface area contributed by atoms with Crippen LogP contribution in [0.2, 0.25) is 0 Å². The van der Waals surface area contributed by atoms with Gasteiger partial charge in [0.25, 0.3) is 0 Å². The third kappa shape index (κ3) is 6.39. The molecule has 1 aliphatic heterocycles. The Hall–Kier alpha value is -1.78. The smallest absolute Gasteiger partial charge is 0.165 e. The van der Waals surface area contributed by atoms with Crippen LogP contribution in [0.5, 0.6) is 0 Å². The molecule has 1 aliphatic carbocycles. The molecule has 1 spiro atoms. The number of carbonyl (C=O) groups excluding carboxylic acids is 2. The molecule has 154 valence electrons. The first-order valence-electron chi connectivity index (χ1n) is 10.5. The van der Waals surface area contributed by atoms with E-state index in [-0.39, 0.29) is 22.9 Å². The van der Waals surface area contributed by atoms with Crippen LogP contribution in [-0.2, 0) is 25.7 Å². The van der Waals surface area contributed by atoms with Crippen LogP contribution in [0.4, 0.5) is 0 Å². The molecular formula is C24H34O4. The van der Waals surface area contributed by atoms with Crippen molar-refractivity contribution in [1.82, 2.24) is 0 Å². The monoisotopic (exact) mass is 386 g/mol. The van der Waals surface area contributed by atoms with Gasteiger partial charge >= 0.3 is 0 Å². The van der Waals surface area contributed by atoms with Gasteiger partial charge in [0.2, 0.25) is 0 Å². The van der Waals surface area contributed by atoms with Crippen molar-refractivity contribution in [3.63, 3.8) is 0 Å². The topological polar surface area (TPSA) is 52.6 Å². The number of hydrogen-bond donors (Lipinski definition) is 0. The molecule has 0 N–H and O–H groups in total. The number of ketones is 2. The van der Waals surface area contributed by atoms with Crippen LogP contribution in [-0.4, -0.2) is 31.4 Å². The quantitative estimate of drug-likeness (QED) is 0.634. The van der Waals surface area contributed by atoms with Crippen molar-refractivity contribution in [2.45, 2.75) is 53.1 Å². The molecule has 2 atom stereocenters. The van der Waals surface area contributed by atoms with E-state index >= 15 is 0 Å². The molecule has 2 unspecified atom stereocenters. The number of benzene rings is 1. The zero-order chi connectivity index (χ0) is 20.4. The first kappa shape index (κ1) is 22.5. The molecule has 1 aromatic carbocycles. The summed E-state index contributed by atoms with van der Waals surface area (Å²) in [7, 11) is 0. The maximum atomic E-state index is 12.7. The second kappa shape index (κ2) is 11.3. The molecule has 3 rings (SSSR count). The number of hydrogen-bond acceptors (Lipinski definition) is 4. The van der Waals surface area contributed by atoms with E-state index in [9.17, 15) is 9.59 Å².